The largest absolute Gasteiger partial charge is 0.315 e. The number of rotatable bonds is 3. The molecule has 1 atom stereocenters. The van der Waals surface area contributed by atoms with Gasteiger partial charge in [-0.3, -0.25) is 4.90 Å². The van der Waals surface area contributed by atoms with Crippen molar-refractivity contribution in [1.82, 2.24) is 10.2 Å². The molecule has 1 N–H and O–H groups in total. The van der Waals surface area contributed by atoms with E-state index in [2.05, 4.69) is 39.3 Å². The van der Waals surface area contributed by atoms with Gasteiger partial charge in [0.1, 0.15) is 0 Å². The van der Waals surface area contributed by atoms with Crippen molar-refractivity contribution < 1.29 is 0 Å². The Bertz CT molecular complexity index is 378. The summed E-state index contributed by atoms with van der Waals surface area (Å²) in [5, 5.41) is 4.23. The zero-order valence-electron chi connectivity index (χ0n) is 10.0. The van der Waals surface area contributed by atoms with E-state index in [1.54, 1.807) is 0 Å². The molecule has 0 saturated carbocycles. The minimum Gasteiger partial charge on any atom is -0.315 e. The minimum absolute atomic E-state index is 0.645. The van der Waals surface area contributed by atoms with Crippen molar-refractivity contribution in [3.8, 4) is 0 Å². The van der Waals surface area contributed by atoms with Gasteiger partial charge in [0.05, 0.1) is 0 Å². The molecule has 1 aliphatic heterocycles. The molecule has 1 saturated heterocycles. The third-order valence-electron chi connectivity index (χ3n) is 3.33. The lowest BCUT2D eigenvalue weighted by Crippen LogP contribution is -2.43. The second-order valence-electron chi connectivity index (χ2n) is 4.65. The summed E-state index contributed by atoms with van der Waals surface area (Å²) in [6.45, 7) is 3.22. The van der Waals surface area contributed by atoms with Gasteiger partial charge in [0.2, 0.25) is 0 Å². The van der Waals surface area contributed by atoms with E-state index >= 15 is 0 Å². The fourth-order valence-corrected chi connectivity index (χ4v) is 3.07. The molecule has 1 aromatic rings. The molecule has 1 unspecified atom stereocenters. The van der Waals surface area contributed by atoms with Crippen LogP contribution in [0.4, 0.5) is 0 Å². The average Bonchev–Trinajstić information content (AvgIpc) is 2.34. The van der Waals surface area contributed by atoms with Crippen LogP contribution in [0.2, 0.25) is 5.02 Å². The van der Waals surface area contributed by atoms with Crippen molar-refractivity contribution in [3.05, 3.63) is 33.3 Å². The number of piperidine rings is 1. The van der Waals surface area contributed by atoms with E-state index in [4.69, 9.17) is 11.6 Å². The Labute approximate surface area is 116 Å². The first-order valence-electron chi connectivity index (χ1n) is 6.01. The number of hydrogen-bond acceptors (Lipinski definition) is 2. The third kappa shape index (κ3) is 3.68. The van der Waals surface area contributed by atoms with Gasteiger partial charge in [0, 0.05) is 28.6 Å². The molecule has 17 heavy (non-hydrogen) atoms. The normalized spacial score (nSPS) is 20.8. The number of nitrogens with one attached hydrogen (secondary N) is 1. The molecule has 1 heterocycles. The standard InChI is InChI=1S/C13H18BrClN2/c1-17(12-3-2-6-16-8-12)9-10-4-5-11(15)7-13(10)14/h4-5,7,12,16H,2-3,6,8-9H2,1H3. The molecule has 0 aliphatic carbocycles. The van der Waals surface area contributed by atoms with Crippen LogP contribution in [0, 0.1) is 0 Å². The number of halogens is 2. The highest BCUT2D eigenvalue weighted by molar-refractivity contribution is 9.10. The highest BCUT2D eigenvalue weighted by Gasteiger charge is 2.18. The number of nitrogens with zero attached hydrogens (tertiary/aromatic N) is 1. The van der Waals surface area contributed by atoms with Crippen LogP contribution in [0.25, 0.3) is 0 Å². The van der Waals surface area contributed by atoms with Crippen molar-refractivity contribution in [1.29, 1.82) is 0 Å². The Morgan fingerprint density at radius 3 is 3.00 bits per heavy atom. The lowest BCUT2D eigenvalue weighted by Gasteiger charge is -2.31. The minimum atomic E-state index is 0.645. The van der Waals surface area contributed by atoms with E-state index in [0.29, 0.717) is 6.04 Å². The van der Waals surface area contributed by atoms with Crippen LogP contribution in [-0.4, -0.2) is 31.1 Å². The van der Waals surface area contributed by atoms with Crippen LogP contribution in [0.3, 0.4) is 0 Å². The van der Waals surface area contributed by atoms with Gasteiger partial charge in [-0.2, -0.15) is 0 Å². The molecule has 1 fully saturated rings. The number of hydrogen-bond donors (Lipinski definition) is 1. The number of likely N-dealkylation sites (N-methyl/N-ethyl adjacent to an activating group) is 1. The third-order valence-corrected chi connectivity index (χ3v) is 4.30. The molecule has 94 valence electrons. The Kier molecular flexibility index (Phi) is 4.86. The van der Waals surface area contributed by atoms with E-state index in [1.807, 2.05) is 12.1 Å². The molecule has 2 rings (SSSR count). The SMILES string of the molecule is CN(Cc1ccc(Cl)cc1Br)C1CCCNC1. The van der Waals surface area contributed by atoms with Crippen molar-refractivity contribution in [2.45, 2.75) is 25.4 Å². The second-order valence-corrected chi connectivity index (χ2v) is 5.94. The maximum Gasteiger partial charge on any atom is 0.0417 e. The highest BCUT2D eigenvalue weighted by atomic mass is 79.9. The molecule has 1 aliphatic rings. The number of benzene rings is 1. The monoisotopic (exact) mass is 316 g/mol. The van der Waals surface area contributed by atoms with E-state index in [0.717, 1.165) is 29.1 Å². The first-order valence-corrected chi connectivity index (χ1v) is 7.19. The smallest absolute Gasteiger partial charge is 0.0417 e. The maximum atomic E-state index is 5.95. The van der Waals surface area contributed by atoms with E-state index in [9.17, 15) is 0 Å². The van der Waals surface area contributed by atoms with Gasteiger partial charge in [-0.1, -0.05) is 33.6 Å². The van der Waals surface area contributed by atoms with Crippen LogP contribution in [-0.2, 0) is 6.54 Å². The van der Waals surface area contributed by atoms with E-state index < -0.39 is 0 Å². The molecular weight excluding hydrogens is 300 g/mol. The summed E-state index contributed by atoms with van der Waals surface area (Å²) in [7, 11) is 2.19. The van der Waals surface area contributed by atoms with Gasteiger partial charge in [-0.15, -0.1) is 0 Å². The van der Waals surface area contributed by atoms with E-state index in [1.165, 1.54) is 18.4 Å². The topological polar surface area (TPSA) is 15.3 Å². The summed E-state index contributed by atoms with van der Waals surface area (Å²) in [6, 6.07) is 6.66. The van der Waals surface area contributed by atoms with Gasteiger partial charge >= 0.3 is 0 Å². The highest BCUT2D eigenvalue weighted by Crippen LogP contribution is 2.23. The predicted molar refractivity (Wildman–Crippen MR) is 76.5 cm³/mol. The fraction of sp³-hybridized carbons (Fsp3) is 0.538. The fourth-order valence-electron chi connectivity index (χ4n) is 2.26. The molecule has 4 heteroatoms. The van der Waals surface area contributed by atoms with Crippen LogP contribution in [0.15, 0.2) is 22.7 Å². The van der Waals surface area contributed by atoms with Gasteiger partial charge in [-0.25, -0.2) is 0 Å². The molecular formula is C13H18BrClN2. The first-order chi connectivity index (χ1) is 8.16. The lowest BCUT2D eigenvalue weighted by atomic mass is 10.1. The zero-order valence-corrected chi connectivity index (χ0v) is 12.4. The van der Waals surface area contributed by atoms with Crippen molar-refractivity contribution in [3.63, 3.8) is 0 Å². The molecule has 0 aromatic heterocycles. The Morgan fingerprint density at radius 2 is 2.35 bits per heavy atom. The average molecular weight is 318 g/mol. The van der Waals surface area contributed by atoms with Crippen LogP contribution >= 0.6 is 27.5 Å². The zero-order chi connectivity index (χ0) is 12.3. The molecule has 0 amide bonds. The van der Waals surface area contributed by atoms with Crippen molar-refractivity contribution in [2.24, 2.45) is 0 Å². The second kappa shape index (κ2) is 6.19. The Morgan fingerprint density at radius 1 is 1.53 bits per heavy atom. The van der Waals surface area contributed by atoms with Crippen molar-refractivity contribution in [2.75, 3.05) is 20.1 Å². The summed E-state index contributed by atoms with van der Waals surface area (Å²) >= 11 is 9.52. The van der Waals surface area contributed by atoms with Gasteiger partial charge in [0.25, 0.3) is 0 Å². The quantitative estimate of drug-likeness (QED) is 0.920. The summed E-state index contributed by atoms with van der Waals surface area (Å²) in [4.78, 5) is 2.42. The summed E-state index contributed by atoms with van der Waals surface area (Å²) in [5.41, 5.74) is 1.29. The Hall–Kier alpha value is -0.0900. The summed E-state index contributed by atoms with van der Waals surface area (Å²) in [6.07, 6.45) is 2.56. The predicted octanol–water partition coefficient (Wildman–Crippen LogP) is 3.29. The van der Waals surface area contributed by atoms with Crippen LogP contribution in [0.5, 0.6) is 0 Å². The van der Waals surface area contributed by atoms with Crippen LogP contribution in [0.1, 0.15) is 18.4 Å². The van der Waals surface area contributed by atoms with Crippen LogP contribution < -0.4 is 5.32 Å². The first kappa shape index (κ1) is 13.3. The van der Waals surface area contributed by atoms with Gasteiger partial charge in [-0.05, 0) is 44.1 Å². The Balaban J connectivity index is 1.99. The van der Waals surface area contributed by atoms with Crippen molar-refractivity contribution >= 4 is 27.5 Å². The maximum absolute atomic E-state index is 5.95. The molecule has 0 spiro atoms. The van der Waals surface area contributed by atoms with Gasteiger partial charge in [0.15, 0.2) is 0 Å². The summed E-state index contributed by atoms with van der Waals surface area (Å²) < 4.78 is 1.10. The lowest BCUT2D eigenvalue weighted by molar-refractivity contribution is 0.195. The molecule has 2 nitrogen and oxygen atoms in total. The molecule has 0 bridgehead atoms. The van der Waals surface area contributed by atoms with Gasteiger partial charge < -0.3 is 5.32 Å². The molecule has 0 radical (unpaired) electrons. The summed E-state index contributed by atoms with van der Waals surface area (Å²) in [5.74, 6) is 0. The van der Waals surface area contributed by atoms with E-state index in [-0.39, 0.29) is 0 Å². The molecule has 1 aromatic carbocycles.